The number of Topliss-reactive ketones (excluding diaryl/α,β-unsaturated/α-hetero) is 2. The third-order valence-electron chi connectivity index (χ3n) is 3.09. The lowest BCUT2D eigenvalue weighted by Gasteiger charge is -2.10. The number of carbonyl (C=O) groups is 2. The van der Waals surface area contributed by atoms with Crippen molar-refractivity contribution in [3.05, 3.63) is 35.4 Å². The molecule has 0 amide bonds. The lowest BCUT2D eigenvalue weighted by atomic mass is 9.95. The number of carbonyl (C=O) groups excluding carboxylic acids is 2. The number of hydrogen-bond acceptors (Lipinski definition) is 2. The lowest BCUT2D eigenvalue weighted by molar-refractivity contribution is -0.137. The first-order valence-corrected chi connectivity index (χ1v) is 5.61. The molecule has 1 fully saturated rings. The molecular formula is C13H11F3O2. The molecule has 0 spiro atoms. The van der Waals surface area contributed by atoms with E-state index >= 15 is 0 Å². The first-order chi connectivity index (χ1) is 8.38. The standard InChI is InChI=1S/C13H11F3O2/c14-13(15,16)10-3-1-2-8(6-10)12(18)9-4-5-11(17)7-9/h1-3,6,9H,4-5,7H2. The number of halogens is 3. The van der Waals surface area contributed by atoms with E-state index in [2.05, 4.69) is 0 Å². The summed E-state index contributed by atoms with van der Waals surface area (Å²) in [5.74, 6) is -0.826. The summed E-state index contributed by atoms with van der Waals surface area (Å²) in [6, 6.07) is 4.36. The predicted molar refractivity (Wildman–Crippen MR) is 58.1 cm³/mol. The summed E-state index contributed by atoms with van der Waals surface area (Å²) in [6.07, 6.45) is -3.53. The molecule has 0 heterocycles. The van der Waals surface area contributed by atoms with Gasteiger partial charge in [-0.3, -0.25) is 9.59 Å². The second kappa shape index (κ2) is 4.55. The fraction of sp³-hybridized carbons (Fsp3) is 0.385. The van der Waals surface area contributed by atoms with Gasteiger partial charge >= 0.3 is 6.18 Å². The highest BCUT2D eigenvalue weighted by Gasteiger charge is 2.33. The van der Waals surface area contributed by atoms with Crippen LogP contribution in [-0.4, -0.2) is 11.6 Å². The summed E-state index contributed by atoms with van der Waals surface area (Å²) < 4.78 is 37.5. The van der Waals surface area contributed by atoms with E-state index in [-0.39, 0.29) is 23.6 Å². The van der Waals surface area contributed by atoms with Crippen LogP contribution >= 0.6 is 0 Å². The van der Waals surface area contributed by atoms with Gasteiger partial charge in [0.2, 0.25) is 0 Å². The minimum absolute atomic E-state index is 0.000302. The topological polar surface area (TPSA) is 34.1 Å². The normalized spacial score (nSPS) is 20.2. The van der Waals surface area contributed by atoms with Gasteiger partial charge in [-0.15, -0.1) is 0 Å². The molecule has 1 aromatic carbocycles. The zero-order valence-electron chi connectivity index (χ0n) is 9.46. The summed E-state index contributed by atoms with van der Waals surface area (Å²) >= 11 is 0. The van der Waals surface area contributed by atoms with Crippen molar-refractivity contribution in [2.45, 2.75) is 25.4 Å². The maximum absolute atomic E-state index is 12.5. The van der Waals surface area contributed by atoms with E-state index in [1.54, 1.807) is 0 Å². The van der Waals surface area contributed by atoms with Gasteiger partial charge in [-0.05, 0) is 18.6 Å². The Balaban J connectivity index is 2.23. The first-order valence-electron chi connectivity index (χ1n) is 5.61. The molecule has 1 aliphatic carbocycles. The fourth-order valence-electron chi connectivity index (χ4n) is 2.12. The minimum atomic E-state index is -4.46. The summed E-state index contributed by atoms with van der Waals surface area (Å²) in [6.45, 7) is 0. The second-order valence-electron chi connectivity index (χ2n) is 4.42. The molecule has 0 bridgehead atoms. The van der Waals surface area contributed by atoms with E-state index in [1.807, 2.05) is 0 Å². The van der Waals surface area contributed by atoms with Crippen LogP contribution in [0, 0.1) is 5.92 Å². The van der Waals surface area contributed by atoms with Crippen molar-refractivity contribution in [1.82, 2.24) is 0 Å². The molecule has 5 heteroatoms. The summed E-state index contributed by atoms with van der Waals surface area (Å²) in [7, 11) is 0. The van der Waals surface area contributed by atoms with E-state index in [1.165, 1.54) is 12.1 Å². The monoisotopic (exact) mass is 256 g/mol. The number of ketones is 2. The van der Waals surface area contributed by atoms with Crippen LogP contribution in [0.25, 0.3) is 0 Å². The molecule has 1 aromatic rings. The van der Waals surface area contributed by atoms with Gasteiger partial charge in [0, 0.05) is 24.3 Å². The zero-order valence-corrected chi connectivity index (χ0v) is 9.46. The van der Waals surface area contributed by atoms with Crippen LogP contribution in [-0.2, 0) is 11.0 Å². The maximum Gasteiger partial charge on any atom is 0.416 e. The molecule has 1 saturated carbocycles. The van der Waals surface area contributed by atoms with Crippen molar-refractivity contribution >= 4 is 11.6 Å². The summed E-state index contributed by atoms with van der Waals surface area (Å²) in [5.41, 5.74) is -0.804. The highest BCUT2D eigenvalue weighted by atomic mass is 19.4. The lowest BCUT2D eigenvalue weighted by Crippen LogP contribution is -2.13. The smallest absolute Gasteiger partial charge is 0.300 e. The van der Waals surface area contributed by atoms with Crippen LogP contribution in [0.1, 0.15) is 35.2 Å². The molecule has 0 radical (unpaired) electrons. The molecule has 18 heavy (non-hydrogen) atoms. The van der Waals surface area contributed by atoms with E-state index in [9.17, 15) is 22.8 Å². The largest absolute Gasteiger partial charge is 0.416 e. The molecule has 2 nitrogen and oxygen atoms in total. The van der Waals surface area contributed by atoms with Crippen molar-refractivity contribution in [2.75, 3.05) is 0 Å². The van der Waals surface area contributed by atoms with Crippen LogP contribution in [0.15, 0.2) is 24.3 Å². The van der Waals surface area contributed by atoms with Crippen LogP contribution in [0.4, 0.5) is 13.2 Å². The summed E-state index contributed by atoms with van der Waals surface area (Å²) in [4.78, 5) is 23.0. The van der Waals surface area contributed by atoms with Gasteiger partial charge in [0.15, 0.2) is 5.78 Å². The Kier molecular flexibility index (Phi) is 3.24. The number of rotatable bonds is 2. The molecule has 1 atom stereocenters. The number of benzene rings is 1. The highest BCUT2D eigenvalue weighted by Crippen LogP contribution is 2.31. The van der Waals surface area contributed by atoms with Gasteiger partial charge in [0.05, 0.1) is 5.56 Å². The number of alkyl halides is 3. The van der Waals surface area contributed by atoms with E-state index in [0.717, 1.165) is 12.1 Å². The molecule has 0 aliphatic heterocycles. The van der Waals surface area contributed by atoms with E-state index in [4.69, 9.17) is 0 Å². The average molecular weight is 256 g/mol. The van der Waals surface area contributed by atoms with Crippen molar-refractivity contribution in [3.8, 4) is 0 Å². The fourth-order valence-corrected chi connectivity index (χ4v) is 2.12. The van der Waals surface area contributed by atoms with E-state index in [0.29, 0.717) is 12.8 Å². The molecule has 2 rings (SSSR count). The highest BCUT2D eigenvalue weighted by molar-refractivity contribution is 6.01. The van der Waals surface area contributed by atoms with Crippen LogP contribution in [0.5, 0.6) is 0 Å². The van der Waals surface area contributed by atoms with Crippen LogP contribution in [0.2, 0.25) is 0 Å². The van der Waals surface area contributed by atoms with Gasteiger partial charge in [-0.2, -0.15) is 13.2 Å². The Morgan fingerprint density at radius 3 is 2.56 bits per heavy atom. The van der Waals surface area contributed by atoms with Gasteiger partial charge in [-0.25, -0.2) is 0 Å². The molecular weight excluding hydrogens is 245 g/mol. The molecule has 0 aromatic heterocycles. The quantitative estimate of drug-likeness (QED) is 0.761. The van der Waals surface area contributed by atoms with Crippen LogP contribution < -0.4 is 0 Å². The van der Waals surface area contributed by atoms with Crippen molar-refractivity contribution < 1.29 is 22.8 Å². The third kappa shape index (κ3) is 2.60. The first kappa shape index (κ1) is 12.8. The van der Waals surface area contributed by atoms with Gasteiger partial charge in [-0.1, -0.05) is 12.1 Å². The molecule has 1 aliphatic rings. The average Bonchev–Trinajstić information content (AvgIpc) is 2.74. The Labute approximate surface area is 102 Å². The Morgan fingerprint density at radius 2 is 2.00 bits per heavy atom. The third-order valence-corrected chi connectivity index (χ3v) is 3.09. The Bertz CT molecular complexity index is 491. The Morgan fingerprint density at radius 1 is 1.28 bits per heavy atom. The van der Waals surface area contributed by atoms with Gasteiger partial charge in [0.1, 0.15) is 5.78 Å². The Hall–Kier alpha value is -1.65. The summed E-state index contributed by atoms with van der Waals surface area (Å²) in [5, 5.41) is 0. The predicted octanol–water partition coefficient (Wildman–Crippen LogP) is 3.26. The van der Waals surface area contributed by atoms with Gasteiger partial charge < -0.3 is 0 Å². The molecule has 96 valence electrons. The molecule has 0 saturated heterocycles. The molecule has 0 N–H and O–H groups in total. The van der Waals surface area contributed by atoms with Crippen molar-refractivity contribution in [3.63, 3.8) is 0 Å². The molecule has 1 unspecified atom stereocenters. The minimum Gasteiger partial charge on any atom is -0.300 e. The van der Waals surface area contributed by atoms with Crippen LogP contribution in [0.3, 0.4) is 0 Å². The second-order valence-corrected chi connectivity index (χ2v) is 4.42. The van der Waals surface area contributed by atoms with Crippen molar-refractivity contribution in [1.29, 1.82) is 0 Å². The zero-order chi connectivity index (χ0) is 13.3. The van der Waals surface area contributed by atoms with Gasteiger partial charge in [0.25, 0.3) is 0 Å². The number of hydrogen-bond donors (Lipinski definition) is 0. The maximum atomic E-state index is 12.5. The van der Waals surface area contributed by atoms with E-state index < -0.39 is 17.7 Å². The van der Waals surface area contributed by atoms with Crippen molar-refractivity contribution in [2.24, 2.45) is 5.92 Å². The SMILES string of the molecule is O=C1CCC(C(=O)c2cccc(C(F)(F)F)c2)C1.